The molecule has 1 aliphatic heterocycles. The van der Waals surface area contributed by atoms with E-state index < -0.39 is 0 Å². The Bertz CT molecular complexity index is 416. The van der Waals surface area contributed by atoms with Gasteiger partial charge in [-0.25, -0.2) is 0 Å². The minimum absolute atomic E-state index is 0.228. The molecular weight excluding hydrogens is 204 g/mol. The number of ether oxygens (including phenoxy) is 2. The third-order valence-corrected chi connectivity index (χ3v) is 2.64. The molecule has 0 atom stereocenters. The zero-order chi connectivity index (χ0) is 11.8. The van der Waals surface area contributed by atoms with Gasteiger partial charge in [0.15, 0.2) is 11.5 Å². The summed E-state index contributed by atoms with van der Waals surface area (Å²) in [5.74, 6) is 1.72. The van der Waals surface area contributed by atoms with Gasteiger partial charge in [0, 0.05) is 11.8 Å². The monoisotopic (exact) mass is 220 g/mol. The molecule has 16 heavy (non-hydrogen) atoms. The van der Waals surface area contributed by atoms with Crippen LogP contribution in [0.1, 0.15) is 26.3 Å². The molecule has 0 unspecified atom stereocenters. The first-order valence-electron chi connectivity index (χ1n) is 5.38. The molecule has 1 aromatic carbocycles. The first kappa shape index (κ1) is 11.0. The van der Waals surface area contributed by atoms with E-state index in [2.05, 4.69) is 0 Å². The maximum atomic E-state index is 11.9. The summed E-state index contributed by atoms with van der Waals surface area (Å²) >= 11 is 0. The van der Waals surface area contributed by atoms with E-state index in [0.29, 0.717) is 6.42 Å². The number of ketones is 1. The molecule has 2 rings (SSSR count). The van der Waals surface area contributed by atoms with Crippen molar-refractivity contribution in [2.75, 3.05) is 6.79 Å². The molecule has 3 heteroatoms. The van der Waals surface area contributed by atoms with Crippen LogP contribution in [0.5, 0.6) is 11.5 Å². The van der Waals surface area contributed by atoms with Crippen LogP contribution in [-0.2, 0) is 11.2 Å². The molecule has 0 N–H and O–H groups in total. The second-order valence-corrected chi connectivity index (χ2v) is 5.04. The van der Waals surface area contributed by atoms with Gasteiger partial charge in [-0.3, -0.25) is 4.79 Å². The lowest BCUT2D eigenvalue weighted by Crippen LogP contribution is -2.21. The standard InChI is InChI=1S/C13H16O3/c1-13(2,3)12(14)7-9-4-5-10-11(6-9)16-8-15-10/h4-6H,7-8H2,1-3H3. The van der Waals surface area contributed by atoms with Gasteiger partial charge in [-0.05, 0) is 17.7 Å². The van der Waals surface area contributed by atoms with E-state index in [9.17, 15) is 4.79 Å². The summed E-state index contributed by atoms with van der Waals surface area (Å²) in [6.45, 7) is 6.07. The summed E-state index contributed by atoms with van der Waals surface area (Å²) in [6, 6.07) is 5.65. The van der Waals surface area contributed by atoms with Crippen LogP contribution < -0.4 is 9.47 Å². The SMILES string of the molecule is CC(C)(C)C(=O)Cc1ccc2c(c1)OCO2. The number of carbonyl (C=O) groups excluding carboxylic acids is 1. The molecule has 0 amide bonds. The molecule has 0 bridgehead atoms. The van der Waals surface area contributed by atoms with Crippen LogP contribution in [0.15, 0.2) is 18.2 Å². The van der Waals surface area contributed by atoms with Crippen molar-refractivity contribution in [1.29, 1.82) is 0 Å². The Morgan fingerprint density at radius 3 is 2.62 bits per heavy atom. The Morgan fingerprint density at radius 1 is 1.25 bits per heavy atom. The van der Waals surface area contributed by atoms with Crippen molar-refractivity contribution in [3.05, 3.63) is 23.8 Å². The van der Waals surface area contributed by atoms with Gasteiger partial charge < -0.3 is 9.47 Å². The summed E-state index contributed by atoms with van der Waals surface area (Å²) in [4.78, 5) is 11.9. The Kier molecular flexibility index (Phi) is 2.62. The predicted octanol–water partition coefficient (Wildman–Crippen LogP) is 2.57. The summed E-state index contributed by atoms with van der Waals surface area (Å²) in [7, 11) is 0. The Hall–Kier alpha value is -1.51. The van der Waals surface area contributed by atoms with E-state index in [1.54, 1.807) is 0 Å². The quantitative estimate of drug-likeness (QED) is 0.768. The van der Waals surface area contributed by atoms with Crippen LogP contribution in [0.4, 0.5) is 0 Å². The molecular formula is C13H16O3. The zero-order valence-corrected chi connectivity index (χ0v) is 9.87. The van der Waals surface area contributed by atoms with Gasteiger partial charge in [0.25, 0.3) is 0 Å². The lowest BCUT2D eigenvalue weighted by Gasteiger charge is -2.16. The van der Waals surface area contributed by atoms with E-state index in [0.717, 1.165) is 17.1 Å². The van der Waals surface area contributed by atoms with Gasteiger partial charge in [0.05, 0.1) is 0 Å². The van der Waals surface area contributed by atoms with Crippen molar-refractivity contribution < 1.29 is 14.3 Å². The Labute approximate surface area is 95.4 Å². The van der Waals surface area contributed by atoms with Crippen molar-refractivity contribution >= 4 is 5.78 Å². The molecule has 86 valence electrons. The minimum Gasteiger partial charge on any atom is -0.454 e. The average Bonchev–Trinajstić information content (AvgIpc) is 2.63. The average molecular weight is 220 g/mol. The first-order valence-corrected chi connectivity index (χ1v) is 5.38. The molecule has 0 spiro atoms. The molecule has 0 saturated carbocycles. The summed E-state index contributed by atoms with van der Waals surface area (Å²) in [5.41, 5.74) is 0.681. The maximum Gasteiger partial charge on any atom is 0.231 e. The highest BCUT2D eigenvalue weighted by atomic mass is 16.7. The second-order valence-electron chi connectivity index (χ2n) is 5.04. The molecule has 1 aromatic rings. The summed E-state index contributed by atoms with van der Waals surface area (Å²) in [6.07, 6.45) is 0.445. The van der Waals surface area contributed by atoms with Crippen LogP contribution in [0.2, 0.25) is 0 Å². The first-order chi connectivity index (χ1) is 7.47. The number of hydrogen-bond acceptors (Lipinski definition) is 3. The number of rotatable bonds is 2. The smallest absolute Gasteiger partial charge is 0.231 e. The van der Waals surface area contributed by atoms with Crippen LogP contribution in [0, 0.1) is 5.41 Å². The zero-order valence-electron chi connectivity index (χ0n) is 9.87. The van der Waals surface area contributed by atoms with E-state index in [1.165, 1.54) is 0 Å². The summed E-state index contributed by atoms with van der Waals surface area (Å²) in [5, 5.41) is 0. The predicted molar refractivity (Wildman–Crippen MR) is 60.7 cm³/mol. The third-order valence-electron chi connectivity index (χ3n) is 2.64. The van der Waals surface area contributed by atoms with Crippen molar-refractivity contribution in [2.24, 2.45) is 5.41 Å². The number of hydrogen-bond donors (Lipinski definition) is 0. The van der Waals surface area contributed by atoms with Crippen molar-refractivity contribution in [1.82, 2.24) is 0 Å². The van der Waals surface area contributed by atoms with Crippen molar-refractivity contribution in [3.8, 4) is 11.5 Å². The van der Waals surface area contributed by atoms with E-state index in [-0.39, 0.29) is 18.0 Å². The largest absolute Gasteiger partial charge is 0.454 e. The van der Waals surface area contributed by atoms with Gasteiger partial charge in [-0.15, -0.1) is 0 Å². The van der Waals surface area contributed by atoms with Gasteiger partial charge in [-0.1, -0.05) is 26.8 Å². The molecule has 0 radical (unpaired) electrons. The van der Waals surface area contributed by atoms with Gasteiger partial charge >= 0.3 is 0 Å². The van der Waals surface area contributed by atoms with E-state index in [4.69, 9.17) is 9.47 Å². The lowest BCUT2D eigenvalue weighted by atomic mass is 9.87. The van der Waals surface area contributed by atoms with Crippen LogP contribution >= 0.6 is 0 Å². The third kappa shape index (κ3) is 2.18. The molecule has 1 heterocycles. The van der Waals surface area contributed by atoms with Crippen LogP contribution in [0.3, 0.4) is 0 Å². The molecule has 0 aliphatic carbocycles. The lowest BCUT2D eigenvalue weighted by molar-refractivity contribution is -0.125. The van der Waals surface area contributed by atoms with E-state index >= 15 is 0 Å². The molecule has 0 saturated heterocycles. The summed E-state index contributed by atoms with van der Waals surface area (Å²) < 4.78 is 10.5. The highest BCUT2D eigenvalue weighted by molar-refractivity contribution is 5.85. The van der Waals surface area contributed by atoms with Crippen LogP contribution in [-0.4, -0.2) is 12.6 Å². The Morgan fingerprint density at radius 2 is 1.94 bits per heavy atom. The molecule has 0 aromatic heterocycles. The van der Waals surface area contributed by atoms with Crippen molar-refractivity contribution in [3.63, 3.8) is 0 Å². The highest BCUT2D eigenvalue weighted by Crippen LogP contribution is 2.33. The molecule has 0 fully saturated rings. The maximum absolute atomic E-state index is 11.9. The number of fused-ring (bicyclic) bond motifs is 1. The van der Waals surface area contributed by atoms with Crippen LogP contribution in [0.25, 0.3) is 0 Å². The fourth-order valence-corrected chi connectivity index (χ4v) is 1.50. The normalized spacial score (nSPS) is 13.9. The van der Waals surface area contributed by atoms with E-state index in [1.807, 2.05) is 39.0 Å². The number of carbonyl (C=O) groups is 1. The number of benzene rings is 1. The fraction of sp³-hybridized carbons (Fsp3) is 0.462. The Balaban J connectivity index is 2.14. The van der Waals surface area contributed by atoms with Gasteiger partial charge in [-0.2, -0.15) is 0 Å². The second kappa shape index (κ2) is 3.81. The number of Topliss-reactive ketones (excluding diaryl/α,β-unsaturated/α-hetero) is 1. The van der Waals surface area contributed by atoms with Gasteiger partial charge in [0.1, 0.15) is 5.78 Å². The molecule has 3 nitrogen and oxygen atoms in total. The topological polar surface area (TPSA) is 35.5 Å². The van der Waals surface area contributed by atoms with Crippen molar-refractivity contribution in [2.45, 2.75) is 27.2 Å². The fourth-order valence-electron chi connectivity index (χ4n) is 1.50. The minimum atomic E-state index is -0.295. The molecule has 1 aliphatic rings. The highest BCUT2D eigenvalue weighted by Gasteiger charge is 2.22. The van der Waals surface area contributed by atoms with Gasteiger partial charge in [0.2, 0.25) is 6.79 Å².